The lowest BCUT2D eigenvalue weighted by Crippen LogP contribution is -2.27. The number of para-hydroxylation sites is 2. The highest BCUT2D eigenvalue weighted by atomic mass is 16.3. The number of furan rings is 1. The molecule has 4 aromatic rings. The van der Waals surface area contributed by atoms with E-state index in [0.717, 1.165) is 16.8 Å². The van der Waals surface area contributed by atoms with Crippen molar-refractivity contribution in [2.24, 2.45) is 0 Å². The van der Waals surface area contributed by atoms with Gasteiger partial charge in [-0.05, 0) is 23.8 Å². The number of hydrogen-bond acceptors (Lipinski definition) is 5. The van der Waals surface area contributed by atoms with E-state index in [1.165, 1.54) is 16.5 Å². The van der Waals surface area contributed by atoms with E-state index in [4.69, 9.17) is 4.42 Å². The lowest BCUT2D eigenvalue weighted by Gasteiger charge is -2.24. The number of benzene rings is 2. The van der Waals surface area contributed by atoms with Crippen molar-refractivity contribution < 1.29 is 9.21 Å². The van der Waals surface area contributed by atoms with Gasteiger partial charge in [-0.15, -0.1) is 0 Å². The van der Waals surface area contributed by atoms with Crippen molar-refractivity contribution in [3.05, 3.63) is 82.5 Å². The largest absolute Gasteiger partial charge is 0.448 e. The SMILES string of the molecule is CN1C(=CC(=O)Cn2cnc3c(oc4ccccc43)c2=O)C(C)(C)c2ccccc21. The van der Waals surface area contributed by atoms with Crippen LogP contribution in [0.4, 0.5) is 5.69 Å². The average molecular weight is 399 g/mol. The fourth-order valence-corrected chi connectivity index (χ4v) is 4.35. The first kappa shape index (κ1) is 18.4. The van der Waals surface area contributed by atoms with E-state index in [-0.39, 0.29) is 28.9 Å². The van der Waals surface area contributed by atoms with E-state index >= 15 is 0 Å². The molecule has 0 bridgehead atoms. The fourth-order valence-electron chi connectivity index (χ4n) is 4.35. The normalized spacial score (nSPS) is 16.5. The number of allylic oxidation sites excluding steroid dienone is 2. The van der Waals surface area contributed by atoms with Gasteiger partial charge in [0, 0.05) is 35.3 Å². The standard InChI is InChI=1S/C24H21N3O3/c1-24(2)17-9-5-6-10-18(17)26(3)20(24)12-15(28)13-27-14-25-21-16-8-4-7-11-19(16)30-22(21)23(27)29/h4-12,14H,13H2,1-3H3. The molecular formula is C24H21N3O3. The maximum Gasteiger partial charge on any atom is 0.297 e. The van der Waals surface area contributed by atoms with Gasteiger partial charge in [0.2, 0.25) is 5.58 Å². The Kier molecular flexibility index (Phi) is 3.93. The average Bonchev–Trinajstić information content (AvgIpc) is 3.20. The summed E-state index contributed by atoms with van der Waals surface area (Å²) in [6.07, 6.45) is 3.05. The predicted molar refractivity (Wildman–Crippen MR) is 117 cm³/mol. The molecule has 1 aliphatic heterocycles. The highest BCUT2D eigenvalue weighted by Crippen LogP contribution is 2.46. The molecule has 0 saturated heterocycles. The molecule has 0 fully saturated rings. The van der Waals surface area contributed by atoms with Crippen LogP contribution in [0.2, 0.25) is 0 Å². The third kappa shape index (κ3) is 2.60. The summed E-state index contributed by atoms with van der Waals surface area (Å²) < 4.78 is 7.01. The van der Waals surface area contributed by atoms with E-state index in [2.05, 4.69) is 24.9 Å². The monoisotopic (exact) mass is 399 g/mol. The first-order valence-electron chi connectivity index (χ1n) is 9.83. The minimum Gasteiger partial charge on any atom is -0.448 e. The molecule has 1 aliphatic rings. The number of ketones is 1. The molecule has 0 radical (unpaired) electrons. The van der Waals surface area contributed by atoms with E-state index in [9.17, 15) is 9.59 Å². The summed E-state index contributed by atoms with van der Waals surface area (Å²) in [5.74, 6) is -0.169. The smallest absolute Gasteiger partial charge is 0.297 e. The van der Waals surface area contributed by atoms with Crippen molar-refractivity contribution >= 4 is 33.5 Å². The van der Waals surface area contributed by atoms with Crippen molar-refractivity contribution in [3.8, 4) is 0 Å². The number of fused-ring (bicyclic) bond motifs is 4. The van der Waals surface area contributed by atoms with Gasteiger partial charge in [-0.25, -0.2) is 4.98 Å². The number of hydrogen-bond donors (Lipinski definition) is 0. The molecular weight excluding hydrogens is 378 g/mol. The molecule has 2 aromatic carbocycles. The molecule has 0 saturated carbocycles. The molecule has 0 spiro atoms. The summed E-state index contributed by atoms with van der Waals surface area (Å²) in [6.45, 7) is 4.11. The third-order valence-corrected chi connectivity index (χ3v) is 5.91. The van der Waals surface area contributed by atoms with Crippen LogP contribution in [0.15, 0.2) is 75.8 Å². The van der Waals surface area contributed by atoms with Crippen LogP contribution >= 0.6 is 0 Å². The van der Waals surface area contributed by atoms with Gasteiger partial charge in [-0.3, -0.25) is 14.2 Å². The minimum absolute atomic E-state index is 0.0947. The van der Waals surface area contributed by atoms with Gasteiger partial charge in [-0.2, -0.15) is 0 Å². The lowest BCUT2D eigenvalue weighted by atomic mass is 9.83. The Balaban J connectivity index is 1.50. The summed E-state index contributed by atoms with van der Waals surface area (Å²) in [5, 5.41) is 0.789. The number of anilines is 1. The van der Waals surface area contributed by atoms with Gasteiger partial charge >= 0.3 is 0 Å². The maximum absolute atomic E-state index is 12.9. The van der Waals surface area contributed by atoms with E-state index < -0.39 is 0 Å². The van der Waals surface area contributed by atoms with Crippen molar-refractivity contribution in [2.75, 3.05) is 11.9 Å². The van der Waals surface area contributed by atoms with Gasteiger partial charge in [-0.1, -0.05) is 44.2 Å². The number of carbonyl (C=O) groups excluding carboxylic acids is 1. The molecule has 30 heavy (non-hydrogen) atoms. The van der Waals surface area contributed by atoms with Crippen LogP contribution in [0.3, 0.4) is 0 Å². The second-order valence-corrected chi connectivity index (χ2v) is 8.15. The van der Waals surface area contributed by atoms with Crippen molar-refractivity contribution in [2.45, 2.75) is 25.8 Å². The van der Waals surface area contributed by atoms with Crippen LogP contribution in [-0.2, 0) is 16.8 Å². The van der Waals surface area contributed by atoms with Gasteiger partial charge in [0.1, 0.15) is 11.1 Å². The molecule has 6 heteroatoms. The quantitative estimate of drug-likeness (QED) is 0.487. The zero-order valence-corrected chi connectivity index (χ0v) is 17.0. The number of rotatable bonds is 3. The van der Waals surface area contributed by atoms with Crippen LogP contribution in [0.25, 0.3) is 22.1 Å². The maximum atomic E-state index is 12.9. The fraction of sp³-hybridized carbons (Fsp3) is 0.208. The van der Waals surface area contributed by atoms with Crippen LogP contribution in [-0.4, -0.2) is 22.4 Å². The van der Waals surface area contributed by atoms with Crippen LogP contribution in [0.5, 0.6) is 0 Å². The van der Waals surface area contributed by atoms with Crippen LogP contribution in [0.1, 0.15) is 19.4 Å². The first-order chi connectivity index (χ1) is 14.4. The first-order valence-corrected chi connectivity index (χ1v) is 9.83. The van der Waals surface area contributed by atoms with Gasteiger partial charge < -0.3 is 9.32 Å². The molecule has 0 atom stereocenters. The zero-order chi connectivity index (χ0) is 21.0. The summed E-state index contributed by atoms with van der Waals surface area (Å²) in [7, 11) is 1.96. The Morgan fingerprint density at radius 1 is 1.13 bits per heavy atom. The number of likely N-dealkylation sites (N-methyl/N-ethyl adjacent to an activating group) is 1. The predicted octanol–water partition coefficient (Wildman–Crippen LogP) is 4.02. The lowest BCUT2D eigenvalue weighted by molar-refractivity contribution is -0.115. The number of aromatic nitrogens is 2. The molecule has 5 rings (SSSR count). The van der Waals surface area contributed by atoms with E-state index in [0.29, 0.717) is 11.1 Å². The molecule has 0 amide bonds. The number of nitrogens with zero attached hydrogens (tertiary/aromatic N) is 3. The Labute approximate surface area is 173 Å². The summed E-state index contributed by atoms with van der Waals surface area (Å²) in [4.78, 5) is 32.2. The van der Waals surface area contributed by atoms with Crippen molar-refractivity contribution in [1.29, 1.82) is 0 Å². The Hall–Kier alpha value is -3.67. The second kappa shape index (κ2) is 6.42. The third-order valence-electron chi connectivity index (χ3n) is 5.91. The summed E-state index contributed by atoms with van der Waals surface area (Å²) in [6, 6.07) is 15.5. The minimum atomic E-state index is -0.356. The molecule has 0 aliphatic carbocycles. The van der Waals surface area contributed by atoms with E-state index in [1.54, 1.807) is 12.1 Å². The Bertz CT molecular complexity index is 1410. The van der Waals surface area contributed by atoms with Crippen LogP contribution < -0.4 is 10.5 Å². The zero-order valence-electron chi connectivity index (χ0n) is 17.0. The molecule has 0 N–H and O–H groups in total. The highest BCUT2D eigenvalue weighted by Gasteiger charge is 2.38. The summed E-state index contributed by atoms with van der Waals surface area (Å²) >= 11 is 0. The van der Waals surface area contributed by atoms with Crippen molar-refractivity contribution in [3.63, 3.8) is 0 Å². The molecule has 3 heterocycles. The topological polar surface area (TPSA) is 68.3 Å². The van der Waals surface area contributed by atoms with Crippen LogP contribution in [0, 0.1) is 0 Å². The Morgan fingerprint density at radius 3 is 2.67 bits per heavy atom. The number of carbonyl (C=O) groups is 1. The van der Waals surface area contributed by atoms with Gasteiger partial charge in [0.25, 0.3) is 5.56 Å². The second-order valence-electron chi connectivity index (χ2n) is 8.15. The molecule has 150 valence electrons. The summed E-state index contributed by atoms with van der Waals surface area (Å²) in [5.41, 5.74) is 3.81. The molecule has 0 unspecified atom stereocenters. The van der Waals surface area contributed by atoms with Gasteiger partial charge in [0.15, 0.2) is 5.78 Å². The molecule has 6 nitrogen and oxygen atoms in total. The highest BCUT2D eigenvalue weighted by molar-refractivity contribution is 6.01. The van der Waals surface area contributed by atoms with Crippen molar-refractivity contribution in [1.82, 2.24) is 9.55 Å². The van der Waals surface area contributed by atoms with E-state index in [1.807, 2.05) is 48.3 Å². The van der Waals surface area contributed by atoms with Gasteiger partial charge in [0.05, 0.1) is 12.9 Å². The molecule has 2 aromatic heterocycles. The Morgan fingerprint density at radius 2 is 1.87 bits per heavy atom.